The molecule has 1 N–H and O–H groups in total. The summed E-state index contributed by atoms with van der Waals surface area (Å²) in [6.07, 6.45) is 2.25. The van der Waals surface area contributed by atoms with E-state index in [1.54, 1.807) is 6.07 Å². The molecule has 0 fully saturated rings. The van der Waals surface area contributed by atoms with Crippen LogP contribution in [0.25, 0.3) is 0 Å². The van der Waals surface area contributed by atoms with Gasteiger partial charge in [-0.1, -0.05) is 19.1 Å². The Morgan fingerprint density at radius 1 is 1.14 bits per heavy atom. The van der Waals surface area contributed by atoms with Crippen LogP contribution in [-0.4, -0.2) is 22.7 Å². The summed E-state index contributed by atoms with van der Waals surface area (Å²) in [7, 11) is 0. The number of carbonyl (C=O) groups is 1. The third kappa shape index (κ3) is 4.49. The van der Waals surface area contributed by atoms with Gasteiger partial charge in [0, 0.05) is 12.3 Å². The van der Waals surface area contributed by atoms with E-state index in [0.717, 1.165) is 17.7 Å². The van der Waals surface area contributed by atoms with Crippen molar-refractivity contribution >= 4 is 5.97 Å². The van der Waals surface area contributed by atoms with E-state index in [-0.39, 0.29) is 5.56 Å². The van der Waals surface area contributed by atoms with Gasteiger partial charge < -0.3 is 14.6 Å². The molecule has 0 aliphatic heterocycles. The summed E-state index contributed by atoms with van der Waals surface area (Å²) in [6.45, 7) is 3.13. The number of carboxylic acid groups (broad SMARTS) is 1. The van der Waals surface area contributed by atoms with Crippen LogP contribution in [0.2, 0.25) is 0 Å². The first-order chi connectivity index (χ1) is 10.2. The van der Waals surface area contributed by atoms with Crippen molar-refractivity contribution in [2.75, 3.05) is 6.61 Å². The Morgan fingerprint density at radius 3 is 2.48 bits per heavy atom. The summed E-state index contributed by atoms with van der Waals surface area (Å²) in [5.41, 5.74) is 1.13. The summed E-state index contributed by atoms with van der Waals surface area (Å²) in [6, 6.07) is 10.7. The highest BCUT2D eigenvalue weighted by molar-refractivity contribution is 5.87. The van der Waals surface area contributed by atoms with Crippen molar-refractivity contribution < 1.29 is 19.4 Å². The molecule has 0 bridgehead atoms. The van der Waals surface area contributed by atoms with Gasteiger partial charge in [-0.15, -0.1) is 0 Å². The van der Waals surface area contributed by atoms with E-state index in [0.29, 0.717) is 19.1 Å². The summed E-state index contributed by atoms with van der Waals surface area (Å²) in [5, 5.41) is 8.78. The third-order valence-electron chi connectivity index (χ3n) is 2.77. The first kappa shape index (κ1) is 14.8. The molecule has 1 aromatic heterocycles. The van der Waals surface area contributed by atoms with E-state index < -0.39 is 5.97 Å². The topological polar surface area (TPSA) is 68.7 Å². The number of hydrogen-bond donors (Lipinski definition) is 1. The maximum atomic E-state index is 10.7. The molecule has 0 saturated carbocycles. The van der Waals surface area contributed by atoms with Gasteiger partial charge in [-0.25, -0.2) is 9.78 Å². The minimum atomic E-state index is -1.00. The summed E-state index contributed by atoms with van der Waals surface area (Å²) in [5.74, 6) is 0.229. The molecule has 110 valence electrons. The van der Waals surface area contributed by atoms with E-state index in [4.69, 9.17) is 14.6 Å². The summed E-state index contributed by atoms with van der Waals surface area (Å²) in [4.78, 5) is 14.7. The predicted octanol–water partition coefficient (Wildman–Crippen LogP) is 3.15. The molecule has 0 aliphatic rings. The highest BCUT2D eigenvalue weighted by Crippen LogP contribution is 2.15. The number of aromatic nitrogens is 1. The Bertz CT molecular complexity index is 578. The largest absolute Gasteiger partial charge is 0.494 e. The lowest BCUT2D eigenvalue weighted by atomic mass is 10.2. The molecule has 2 rings (SSSR count). The maximum absolute atomic E-state index is 10.7. The van der Waals surface area contributed by atoms with Crippen molar-refractivity contribution in [2.45, 2.75) is 20.0 Å². The molecule has 0 saturated heterocycles. The summed E-state index contributed by atoms with van der Waals surface area (Å²) >= 11 is 0. The van der Waals surface area contributed by atoms with E-state index >= 15 is 0 Å². The Hall–Kier alpha value is -2.56. The smallest absolute Gasteiger partial charge is 0.337 e. The Balaban J connectivity index is 1.88. The van der Waals surface area contributed by atoms with E-state index in [9.17, 15) is 4.79 Å². The molecule has 0 aliphatic carbocycles. The second-order valence-corrected chi connectivity index (χ2v) is 4.47. The molecule has 2 aromatic rings. The van der Waals surface area contributed by atoms with Gasteiger partial charge in [0.2, 0.25) is 5.88 Å². The normalized spacial score (nSPS) is 10.1. The van der Waals surface area contributed by atoms with Crippen LogP contribution in [0.1, 0.15) is 29.3 Å². The van der Waals surface area contributed by atoms with Crippen LogP contribution in [0.4, 0.5) is 0 Å². The zero-order valence-electron chi connectivity index (χ0n) is 11.8. The number of benzene rings is 1. The predicted molar refractivity (Wildman–Crippen MR) is 77.8 cm³/mol. The molecule has 0 spiro atoms. The first-order valence-electron chi connectivity index (χ1n) is 6.73. The molecular weight excluding hydrogens is 270 g/mol. The lowest BCUT2D eigenvalue weighted by molar-refractivity contribution is 0.0696. The molecular formula is C16H17NO4. The van der Waals surface area contributed by atoms with Gasteiger partial charge in [0.25, 0.3) is 0 Å². The van der Waals surface area contributed by atoms with Crippen molar-refractivity contribution in [3.8, 4) is 11.6 Å². The second kappa shape index (κ2) is 7.28. The van der Waals surface area contributed by atoms with E-state index in [1.165, 1.54) is 12.3 Å². The minimum Gasteiger partial charge on any atom is -0.494 e. The number of nitrogens with zero attached hydrogens (tertiary/aromatic N) is 1. The number of carboxylic acids is 1. The van der Waals surface area contributed by atoms with Gasteiger partial charge in [-0.05, 0) is 30.2 Å². The van der Waals surface area contributed by atoms with Gasteiger partial charge in [0.1, 0.15) is 12.4 Å². The number of hydrogen-bond acceptors (Lipinski definition) is 4. The van der Waals surface area contributed by atoms with Gasteiger partial charge >= 0.3 is 5.97 Å². The number of ether oxygens (including phenoxy) is 2. The van der Waals surface area contributed by atoms with Crippen molar-refractivity contribution in [1.82, 2.24) is 4.98 Å². The van der Waals surface area contributed by atoms with Gasteiger partial charge in [0.05, 0.1) is 12.2 Å². The highest BCUT2D eigenvalue weighted by Gasteiger charge is 2.03. The Kier molecular flexibility index (Phi) is 5.15. The van der Waals surface area contributed by atoms with Crippen LogP contribution >= 0.6 is 0 Å². The number of pyridine rings is 1. The SMILES string of the molecule is CCCOc1ccc(COc2ccc(C(=O)O)cn2)cc1. The first-order valence-corrected chi connectivity index (χ1v) is 6.73. The van der Waals surface area contributed by atoms with Crippen LogP contribution in [-0.2, 0) is 6.61 Å². The molecule has 0 atom stereocenters. The highest BCUT2D eigenvalue weighted by atomic mass is 16.5. The zero-order chi connectivity index (χ0) is 15.1. The quantitative estimate of drug-likeness (QED) is 0.847. The molecule has 1 heterocycles. The zero-order valence-corrected chi connectivity index (χ0v) is 11.8. The third-order valence-corrected chi connectivity index (χ3v) is 2.77. The van der Waals surface area contributed by atoms with Crippen molar-refractivity contribution in [1.29, 1.82) is 0 Å². The molecule has 0 radical (unpaired) electrons. The molecule has 5 nitrogen and oxygen atoms in total. The van der Waals surface area contributed by atoms with Crippen LogP contribution in [0, 0.1) is 0 Å². The van der Waals surface area contributed by atoms with Crippen molar-refractivity contribution in [3.05, 3.63) is 53.7 Å². The Labute approximate surface area is 123 Å². The van der Waals surface area contributed by atoms with Crippen molar-refractivity contribution in [3.63, 3.8) is 0 Å². The van der Waals surface area contributed by atoms with Gasteiger partial charge in [-0.2, -0.15) is 0 Å². The lowest BCUT2D eigenvalue weighted by Crippen LogP contribution is -2.00. The number of rotatable bonds is 7. The Morgan fingerprint density at radius 2 is 1.90 bits per heavy atom. The average molecular weight is 287 g/mol. The van der Waals surface area contributed by atoms with Gasteiger partial charge in [0.15, 0.2) is 0 Å². The second-order valence-electron chi connectivity index (χ2n) is 4.47. The lowest BCUT2D eigenvalue weighted by Gasteiger charge is -2.07. The minimum absolute atomic E-state index is 0.139. The molecule has 0 unspecified atom stereocenters. The van der Waals surface area contributed by atoms with Crippen LogP contribution in [0.5, 0.6) is 11.6 Å². The van der Waals surface area contributed by atoms with Crippen LogP contribution in [0.15, 0.2) is 42.6 Å². The van der Waals surface area contributed by atoms with Gasteiger partial charge in [-0.3, -0.25) is 0 Å². The van der Waals surface area contributed by atoms with E-state index in [1.807, 2.05) is 24.3 Å². The van der Waals surface area contributed by atoms with Crippen molar-refractivity contribution in [2.24, 2.45) is 0 Å². The fourth-order valence-corrected chi connectivity index (χ4v) is 1.65. The molecule has 1 aromatic carbocycles. The standard InChI is InChI=1S/C16H17NO4/c1-2-9-20-14-6-3-12(4-7-14)11-21-15-8-5-13(10-17-15)16(18)19/h3-8,10H,2,9,11H2,1H3,(H,18,19). The van der Waals surface area contributed by atoms with Crippen LogP contribution in [0.3, 0.4) is 0 Å². The number of aromatic carboxylic acids is 1. The molecule has 0 amide bonds. The van der Waals surface area contributed by atoms with Crippen LogP contribution < -0.4 is 9.47 Å². The summed E-state index contributed by atoms with van der Waals surface area (Å²) < 4.78 is 11.0. The molecule has 21 heavy (non-hydrogen) atoms. The maximum Gasteiger partial charge on any atom is 0.337 e. The average Bonchev–Trinajstić information content (AvgIpc) is 2.52. The molecule has 5 heteroatoms. The fourth-order valence-electron chi connectivity index (χ4n) is 1.65. The van der Waals surface area contributed by atoms with E-state index in [2.05, 4.69) is 11.9 Å². The fraction of sp³-hybridized carbons (Fsp3) is 0.250. The monoisotopic (exact) mass is 287 g/mol.